The van der Waals surface area contributed by atoms with Gasteiger partial charge in [-0.25, -0.2) is 13.2 Å². The SMILES string of the molecule is CCCC1CCC(CCC(F)(F)Oc2ccc(C3CCC(C)CC3)c(C(F)F)c2F)CC1. The van der Waals surface area contributed by atoms with Gasteiger partial charge in [-0.2, -0.15) is 8.78 Å². The first-order valence-electron chi connectivity index (χ1n) is 12.4. The van der Waals surface area contributed by atoms with E-state index in [2.05, 4.69) is 13.8 Å². The zero-order valence-corrected chi connectivity index (χ0v) is 19.3. The lowest BCUT2D eigenvalue weighted by molar-refractivity contribution is -0.185. The van der Waals surface area contributed by atoms with E-state index >= 15 is 0 Å². The molecule has 0 aromatic heterocycles. The van der Waals surface area contributed by atoms with E-state index in [1.165, 1.54) is 12.5 Å². The molecule has 0 N–H and O–H groups in total. The average molecular weight is 461 g/mol. The molecule has 0 bridgehead atoms. The molecule has 182 valence electrons. The van der Waals surface area contributed by atoms with Gasteiger partial charge in [-0.15, -0.1) is 0 Å². The second-order valence-electron chi connectivity index (χ2n) is 10.1. The summed E-state index contributed by atoms with van der Waals surface area (Å²) in [5, 5.41) is 0. The predicted molar refractivity (Wildman–Crippen MR) is 117 cm³/mol. The number of benzene rings is 1. The van der Waals surface area contributed by atoms with E-state index < -0.39 is 36.1 Å². The summed E-state index contributed by atoms with van der Waals surface area (Å²) in [7, 11) is 0. The first kappa shape index (κ1) is 25.3. The van der Waals surface area contributed by atoms with Gasteiger partial charge in [0.25, 0.3) is 6.43 Å². The van der Waals surface area contributed by atoms with Crippen LogP contribution >= 0.6 is 0 Å². The minimum Gasteiger partial charge on any atom is -0.429 e. The molecule has 0 spiro atoms. The quantitative estimate of drug-likeness (QED) is 0.334. The Kier molecular flexibility index (Phi) is 8.85. The third kappa shape index (κ3) is 6.60. The fourth-order valence-corrected chi connectivity index (χ4v) is 5.62. The highest BCUT2D eigenvalue weighted by Gasteiger charge is 2.36. The molecule has 2 aliphatic carbocycles. The first-order chi connectivity index (χ1) is 15.2. The van der Waals surface area contributed by atoms with E-state index in [-0.39, 0.29) is 17.4 Å². The third-order valence-electron chi connectivity index (χ3n) is 7.62. The van der Waals surface area contributed by atoms with Gasteiger partial charge in [-0.05, 0) is 54.6 Å². The molecule has 2 saturated carbocycles. The lowest BCUT2D eigenvalue weighted by Crippen LogP contribution is -2.27. The number of ether oxygens (including phenoxy) is 1. The Morgan fingerprint density at radius 1 is 0.938 bits per heavy atom. The van der Waals surface area contributed by atoms with Crippen LogP contribution in [0.2, 0.25) is 0 Å². The van der Waals surface area contributed by atoms with Crippen LogP contribution in [0, 0.1) is 23.6 Å². The summed E-state index contributed by atoms with van der Waals surface area (Å²) in [4.78, 5) is 0. The number of alkyl halides is 4. The van der Waals surface area contributed by atoms with E-state index in [4.69, 9.17) is 4.74 Å². The Bertz CT molecular complexity index is 719. The van der Waals surface area contributed by atoms with Crippen molar-refractivity contribution in [1.29, 1.82) is 0 Å². The summed E-state index contributed by atoms with van der Waals surface area (Å²) in [5.41, 5.74) is -0.531. The monoisotopic (exact) mass is 460 g/mol. The smallest absolute Gasteiger partial charge is 0.397 e. The summed E-state index contributed by atoms with van der Waals surface area (Å²) in [5.74, 6) is -0.840. The van der Waals surface area contributed by atoms with Crippen LogP contribution in [-0.2, 0) is 0 Å². The molecule has 0 atom stereocenters. The van der Waals surface area contributed by atoms with Gasteiger partial charge in [0.15, 0.2) is 11.6 Å². The van der Waals surface area contributed by atoms with Crippen molar-refractivity contribution >= 4 is 0 Å². The Morgan fingerprint density at radius 3 is 2.09 bits per heavy atom. The van der Waals surface area contributed by atoms with Gasteiger partial charge in [-0.3, -0.25) is 0 Å². The molecule has 1 nitrogen and oxygen atoms in total. The second-order valence-corrected chi connectivity index (χ2v) is 10.1. The van der Waals surface area contributed by atoms with Crippen molar-refractivity contribution in [3.8, 4) is 5.75 Å². The molecule has 32 heavy (non-hydrogen) atoms. The maximum Gasteiger partial charge on any atom is 0.397 e. The molecule has 0 aliphatic heterocycles. The number of hydrogen-bond donors (Lipinski definition) is 0. The van der Waals surface area contributed by atoms with Crippen molar-refractivity contribution in [2.75, 3.05) is 0 Å². The van der Waals surface area contributed by atoms with Crippen LogP contribution in [-0.4, -0.2) is 6.11 Å². The van der Waals surface area contributed by atoms with Gasteiger partial charge in [0, 0.05) is 0 Å². The Balaban J connectivity index is 1.63. The highest BCUT2D eigenvalue weighted by Crippen LogP contribution is 2.43. The molecule has 1 aromatic rings. The van der Waals surface area contributed by atoms with Crippen molar-refractivity contribution in [2.24, 2.45) is 17.8 Å². The molecule has 2 aliphatic rings. The van der Waals surface area contributed by atoms with Gasteiger partial charge in [0.1, 0.15) is 0 Å². The molecule has 6 heteroatoms. The van der Waals surface area contributed by atoms with Gasteiger partial charge < -0.3 is 4.74 Å². The zero-order chi connectivity index (χ0) is 23.3. The lowest BCUT2D eigenvalue weighted by atomic mass is 9.78. The predicted octanol–water partition coefficient (Wildman–Crippen LogP) is 9.42. The molecular formula is C26H37F5O. The fraction of sp³-hybridized carbons (Fsp3) is 0.769. The van der Waals surface area contributed by atoms with Crippen LogP contribution in [0.15, 0.2) is 12.1 Å². The summed E-state index contributed by atoms with van der Waals surface area (Å²) < 4.78 is 76.1. The maximum atomic E-state index is 14.9. The zero-order valence-electron chi connectivity index (χ0n) is 19.3. The van der Waals surface area contributed by atoms with Gasteiger partial charge in [-0.1, -0.05) is 71.3 Å². The molecule has 2 fully saturated rings. The minimum atomic E-state index is -3.58. The van der Waals surface area contributed by atoms with Crippen LogP contribution in [0.1, 0.15) is 114 Å². The van der Waals surface area contributed by atoms with Crippen LogP contribution in [0.4, 0.5) is 22.0 Å². The van der Waals surface area contributed by atoms with Crippen LogP contribution < -0.4 is 4.74 Å². The third-order valence-corrected chi connectivity index (χ3v) is 7.62. The van der Waals surface area contributed by atoms with E-state index in [9.17, 15) is 22.0 Å². The first-order valence-corrected chi connectivity index (χ1v) is 12.4. The normalized spacial score (nSPS) is 27.0. The fourth-order valence-electron chi connectivity index (χ4n) is 5.62. The summed E-state index contributed by atoms with van der Waals surface area (Å²) in [6.45, 7) is 4.27. The van der Waals surface area contributed by atoms with Crippen LogP contribution in [0.25, 0.3) is 0 Å². The van der Waals surface area contributed by atoms with Crippen LogP contribution in [0.5, 0.6) is 5.75 Å². The molecule has 0 radical (unpaired) electrons. The van der Waals surface area contributed by atoms with Crippen LogP contribution in [0.3, 0.4) is 0 Å². The van der Waals surface area contributed by atoms with Gasteiger partial charge in [0.2, 0.25) is 0 Å². The van der Waals surface area contributed by atoms with Gasteiger partial charge in [0.05, 0.1) is 12.0 Å². The molecule has 0 unspecified atom stereocenters. The van der Waals surface area contributed by atoms with Crippen molar-refractivity contribution in [3.05, 3.63) is 29.1 Å². The van der Waals surface area contributed by atoms with Crippen molar-refractivity contribution < 1.29 is 26.7 Å². The Hall–Kier alpha value is -1.33. The summed E-state index contributed by atoms with van der Waals surface area (Å²) >= 11 is 0. The Morgan fingerprint density at radius 2 is 1.53 bits per heavy atom. The van der Waals surface area contributed by atoms with Crippen molar-refractivity contribution in [2.45, 2.75) is 109 Å². The summed E-state index contributed by atoms with van der Waals surface area (Å²) in [6, 6.07) is 2.48. The molecular weight excluding hydrogens is 423 g/mol. The van der Waals surface area contributed by atoms with Crippen molar-refractivity contribution in [1.82, 2.24) is 0 Å². The molecule has 3 rings (SSSR count). The second kappa shape index (κ2) is 11.2. The molecule has 0 amide bonds. The number of halogens is 5. The van der Waals surface area contributed by atoms with E-state index in [1.54, 1.807) is 0 Å². The largest absolute Gasteiger partial charge is 0.429 e. The minimum absolute atomic E-state index is 0.165. The Labute approximate surface area is 189 Å². The van der Waals surface area contributed by atoms with E-state index in [0.717, 1.165) is 51.0 Å². The van der Waals surface area contributed by atoms with E-state index in [0.29, 0.717) is 31.1 Å². The summed E-state index contributed by atoms with van der Waals surface area (Å²) in [6.07, 6.45) is 2.65. The molecule has 1 aromatic carbocycles. The topological polar surface area (TPSA) is 9.23 Å². The highest BCUT2D eigenvalue weighted by molar-refractivity contribution is 5.41. The standard InChI is InChI=1S/C26H37F5O/c1-3-4-18-7-9-19(10-8-18)15-16-26(30,31)32-22-14-13-21(23(24(22)27)25(28)29)20-11-5-17(2)6-12-20/h13-14,17-20,25H,3-12,15-16H2,1-2H3. The van der Waals surface area contributed by atoms with Gasteiger partial charge >= 0.3 is 6.11 Å². The number of hydrogen-bond acceptors (Lipinski definition) is 1. The highest BCUT2D eigenvalue weighted by atomic mass is 19.3. The lowest BCUT2D eigenvalue weighted by Gasteiger charge is -2.30. The molecule has 0 heterocycles. The number of rotatable bonds is 9. The maximum absolute atomic E-state index is 14.9. The average Bonchev–Trinajstić information content (AvgIpc) is 2.75. The molecule has 0 saturated heterocycles. The van der Waals surface area contributed by atoms with E-state index in [1.807, 2.05) is 0 Å². The van der Waals surface area contributed by atoms with Crippen molar-refractivity contribution in [3.63, 3.8) is 0 Å².